The predicted molar refractivity (Wildman–Crippen MR) is 81.5 cm³/mol. The maximum Gasteiger partial charge on any atom is 0.241 e. The third-order valence-corrected chi connectivity index (χ3v) is 3.18. The van der Waals surface area contributed by atoms with Crippen molar-refractivity contribution in [3.05, 3.63) is 35.7 Å². The molecule has 0 fully saturated rings. The maximum absolute atomic E-state index is 5.57. The van der Waals surface area contributed by atoms with Crippen LogP contribution < -0.4 is 5.73 Å². The smallest absolute Gasteiger partial charge is 0.241 e. The van der Waals surface area contributed by atoms with Gasteiger partial charge in [-0.2, -0.15) is 4.98 Å². The minimum Gasteiger partial charge on any atom is -0.338 e. The first kappa shape index (κ1) is 16.6. The van der Waals surface area contributed by atoms with Gasteiger partial charge < -0.3 is 10.3 Å². The molecule has 0 aliphatic rings. The minimum absolute atomic E-state index is 0. The lowest BCUT2D eigenvalue weighted by Crippen LogP contribution is -2.25. The first-order valence-electron chi connectivity index (χ1n) is 6.42. The van der Waals surface area contributed by atoms with E-state index in [-0.39, 0.29) is 12.4 Å². The summed E-state index contributed by atoms with van der Waals surface area (Å²) in [4.78, 5) is 6.56. The van der Waals surface area contributed by atoms with Gasteiger partial charge in [0, 0.05) is 18.2 Å². The zero-order chi connectivity index (χ0) is 13.8. The molecular formula is C14H21ClN4O. The van der Waals surface area contributed by atoms with Crippen LogP contribution in [0.5, 0.6) is 0 Å². The van der Waals surface area contributed by atoms with Crippen molar-refractivity contribution in [1.29, 1.82) is 0 Å². The first-order chi connectivity index (χ1) is 9.10. The molecule has 20 heavy (non-hydrogen) atoms. The van der Waals surface area contributed by atoms with Gasteiger partial charge in [0.15, 0.2) is 0 Å². The second-order valence-corrected chi connectivity index (χ2v) is 4.92. The van der Waals surface area contributed by atoms with Crippen LogP contribution in [0.4, 0.5) is 0 Å². The van der Waals surface area contributed by atoms with Gasteiger partial charge in [0.1, 0.15) is 0 Å². The number of aromatic nitrogens is 2. The Bertz CT molecular complexity index is 524. The van der Waals surface area contributed by atoms with Gasteiger partial charge >= 0.3 is 0 Å². The zero-order valence-electron chi connectivity index (χ0n) is 12.0. The van der Waals surface area contributed by atoms with E-state index in [0.717, 1.165) is 11.1 Å². The molecule has 2 rings (SSSR count). The fourth-order valence-corrected chi connectivity index (χ4v) is 1.62. The molecule has 1 aromatic heterocycles. The molecule has 0 amide bonds. The Hall–Kier alpha value is -1.43. The minimum atomic E-state index is 0. The largest absolute Gasteiger partial charge is 0.338 e. The topological polar surface area (TPSA) is 68.2 Å². The first-order valence-corrected chi connectivity index (χ1v) is 6.42. The molecule has 5 nitrogen and oxygen atoms in total. The van der Waals surface area contributed by atoms with E-state index in [1.165, 1.54) is 0 Å². The highest BCUT2D eigenvalue weighted by Gasteiger charge is 2.12. The van der Waals surface area contributed by atoms with Crippen molar-refractivity contribution < 1.29 is 4.52 Å². The van der Waals surface area contributed by atoms with E-state index in [1.54, 1.807) is 0 Å². The summed E-state index contributed by atoms with van der Waals surface area (Å²) in [5.74, 6) is 1.25. The Kier molecular flexibility index (Phi) is 6.13. The van der Waals surface area contributed by atoms with Crippen LogP contribution in [0.15, 0.2) is 28.8 Å². The van der Waals surface area contributed by atoms with Crippen LogP contribution in [0.1, 0.15) is 25.3 Å². The Morgan fingerprint density at radius 3 is 2.45 bits per heavy atom. The summed E-state index contributed by atoms with van der Waals surface area (Å²) in [6.45, 7) is 5.45. The summed E-state index contributed by atoms with van der Waals surface area (Å²) in [5, 5.41) is 4.01. The monoisotopic (exact) mass is 296 g/mol. The van der Waals surface area contributed by atoms with Crippen LogP contribution in [-0.4, -0.2) is 28.1 Å². The van der Waals surface area contributed by atoms with Gasteiger partial charge in [-0.1, -0.05) is 29.4 Å². The van der Waals surface area contributed by atoms with E-state index < -0.39 is 0 Å². The summed E-state index contributed by atoms with van der Waals surface area (Å²) in [7, 11) is 2.03. The van der Waals surface area contributed by atoms with Crippen molar-refractivity contribution in [1.82, 2.24) is 15.0 Å². The van der Waals surface area contributed by atoms with Crippen LogP contribution in [0, 0.1) is 0 Å². The van der Waals surface area contributed by atoms with Gasteiger partial charge in [0.2, 0.25) is 11.7 Å². The van der Waals surface area contributed by atoms with E-state index in [9.17, 15) is 0 Å². The third kappa shape index (κ3) is 4.03. The lowest BCUT2D eigenvalue weighted by atomic mass is 10.1. The normalized spacial score (nSPS) is 10.9. The number of nitrogens with zero attached hydrogens (tertiary/aromatic N) is 3. The molecule has 6 heteroatoms. The second kappa shape index (κ2) is 7.38. The fourth-order valence-electron chi connectivity index (χ4n) is 1.62. The molecule has 110 valence electrons. The van der Waals surface area contributed by atoms with Crippen molar-refractivity contribution >= 4 is 12.4 Å². The number of hydrogen-bond acceptors (Lipinski definition) is 5. The highest BCUT2D eigenvalue weighted by molar-refractivity contribution is 5.85. The van der Waals surface area contributed by atoms with Crippen LogP contribution >= 0.6 is 12.4 Å². The van der Waals surface area contributed by atoms with Crippen molar-refractivity contribution in [2.45, 2.75) is 33.0 Å². The van der Waals surface area contributed by atoms with Crippen LogP contribution in [0.3, 0.4) is 0 Å². The quantitative estimate of drug-likeness (QED) is 0.918. The number of benzene rings is 1. The molecule has 2 aromatic rings. The molecule has 0 radical (unpaired) electrons. The summed E-state index contributed by atoms with van der Waals surface area (Å²) in [6.07, 6.45) is 0. The maximum atomic E-state index is 5.57. The van der Waals surface area contributed by atoms with E-state index in [1.807, 2.05) is 31.3 Å². The van der Waals surface area contributed by atoms with E-state index >= 15 is 0 Å². The van der Waals surface area contributed by atoms with Crippen LogP contribution in [0.2, 0.25) is 0 Å². The number of halogens is 1. The molecule has 0 unspecified atom stereocenters. The van der Waals surface area contributed by atoms with Crippen molar-refractivity contribution in [3.63, 3.8) is 0 Å². The van der Waals surface area contributed by atoms with Gasteiger partial charge in [-0.3, -0.25) is 4.90 Å². The number of nitrogens with two attached hydrogens (primary N) is 1. The summed E-state index contributed by atoms with van der Waals surface area (Å²) in [5.41, 5.74) is 7.60. The number of hydrogen-bond donors (Lipinski definition) is 1. The Morgan fingerprint density at radius 2 is 1.90 bits per heavy atom. The van der Waals surface area contributed by atoms with E-state index in [0.29, 0.717) is 30.8 Å². The van der Waals surface area contributed by atoms with Gasteiger partial charge in [-0.15, -0.1) is 12.4 Å². The van der Waals surface area contributed by atoms with Gasteiger partial charge in [0.25, 0.3) is 0 Å². The lowest BCUT2D eigenvalue weighted by Gasteiger charge is -2.17. The standard InChI is InChI=1S/C14H20N4O.ClH/c1-10(2)18(3)9-13-16-14(17-19-13)12-6-4-11(8-15)5-7-12;/h4-7,10H,8-9,15H2,1-3H3;1H. The van der Waals surface area contributed by atoms with Gasteiger partial charge in [-0.05, 0) is 26.5 Å². The molecule has 0 atom stereocenters. The summed E-state index contributed by atoms with van der Waals surface area (Å²) in [6, 6.07) is 8.32. The summed E-state index contributed by atoms with van der Waals surface area (Å²) < 4.78 is 5.27. The van der Waals surface area contributed by atoms with Crippen LogP contribution in [-0.2, 0) is 13.1 Å². The second-order valence-electron chi connectivity index (χ2n) is 4.92. The molecule has 0 aliphatic heterocycles. The van der Waals surface area contributed by atoms with Crippen LogP contribution in [0.25, 0.3) is 11.4 Å². The van der Waals surface area contributed by atoms with E-state index in [2.05, 4.69) is 28.9 Å². The van der Waals surface area contributed by atoms with Crippen molar-refractivity contribution in [2.24, 2.45) is 5.73 Å². The van der Waals surface area contributed by atoms with Crippen molar-refractivity contribution in [3.8, 4) is 11.4 Å². The average Bonchev–Trinajstić information content (AvgIpc) is 2.87. The molecule has 0 saturated carbocycles. The van der Waals surface area contributed by atoms with Gasteiger partial charge in [0.05, 0.1) is 6.54 Å². The Morgan fingerprint density at radius 1 is 1.25 bits per heavy atom. The number of rotatable bonds is 5. The Balaban J connectivity index is 0.00000200. The fraction of sp³-hybridized carbons (Fsp3) is 0.429. The van der Waals surface area contributed by atoms with Crippen molar-refractivity contribution in [2.75, 3.05) is 7.05 Å². The zero-order valence-corrected chi connectivity index (χ0v) is 12.9. The molecular weight excluding hydrogens is 276 g/mol. The SMILES string of the molecule is CC(C)N(C)Cc1nc(-c2ccc(CN)cc2)no1.Cl. The molecule has 1 heterocycles. The average molecular weight is 297 g/mol. The molecule has 2 N–H and O–H groups in total. The lowest BCUT2D eigenvalue weighted by molar-refractivity contribution is 0.226. The molecule has 0 saturated heterocycles. The van der Waals surface area contributed by atoms with Gasteiger partial charge in [-0.25, -0.2) is 0 Å². The summed E-state index contributed by atoms with van der Waals surface area (Å²) >= 11 is 0. The predicted octanol–water partition coefficient (Wildman–Crippen LogP) is 2.46. The molecule has 0 aliphatic carbocycles. The molecule has 0 spiro atoms. The highest BCUT2D eigenvalue weighted by atomic mass is 35.5. The molecule has 1 aromatic carbocycles. The highest BCUT2D eigenvalue weighted by Crippen LogP contribution is 2.17. The third-order valence-electron chi connectivity index (χ3n) is 3.18. The van der Waals surface area contributed by atoms with E-state index in [4.69, 9.17) is 10.3 Å². The Labute approximate surface area is 125 Å². The molecule has 0 bridgehead atoms.